The van der Waals surface area contributed by atoms with Gasteiger partial charge in [0.25, 0.3) is 0 Å². The molecule has 1 aromatic rings. The number of nitrogens with zero attached hydrogens (tertiary/aromatic N) is 1. The van der Waals surface area contributed by atoms with Crippen molar-refractivity contribution in [3.8, 4) is 0 Å². The standard InChI is InChI=1S/C16H26N2S/c1-3-14-6-7-15(19-14)11-18-10-13(2)17-12-16(18)8-4-5-9-16/h6-7,13,17H,3-5,8-12H2,1-2H3. The van der Waals surface area contributed by atoms with E-state index in [1.807, 2.05) is 11.3 Å². The van der Waals surface area contributed by atoms with Gasteiger partial charge in [-0.1, -0.05) is 19.8 Å². The molecule has 1 saturated heterocycles. The van der Waals surface area contributed by atoms with Crippen LogP contribution >= 0.6 is 11.3 Å². The Kier molecular flexibility index (Phi) is 3.97. The molecule has 2 nitrogen and oxygen atoms in total. The Bertz CT molecular complexity index is 420. The molecule has 0 aromatic carbocycles. The number of nitrogens with one attached hydrogen (secondary N) is 1. The average Bonchev–Trinajstić information content (AvgIpc) is 3.04. The normalized spacial score (nSPS) is 27.2. The van der Waals surface area contributed by atoms with Crippen LogP contribution in [0.4, 0.5) is 0 Å². The van der Waals surface area contributed by atoms with E-state index in [-0.39, 0.29) is 0 Å². The van der Waals surface area contributed by atoms with Crippen LogP contribution in [0, 0.1) is 0 Å². The zero-order valence-electron chi connectivity index (χ0n) is 12.2. The van der Waals surface area contributed by atoms with Crippen LogP contribution in [-0.4, -0.2) is 29.6 Å². The predicted molar refractivity (Wildman–Crippen MR) is 82.8 cm³/mol. The molecule has 3 rings (SSSR count). The minimum absolute atomic E-state index is 0.461. The summed E-state index contributed by atoms with van der Waals surface area (Å²) in [4.78, 5) is 5.86. The number of hydrogen-bond acceptors (Lipinski definition) is 3. The van der Waals surface area contributed by atoms with Gasteiger partial charge in [0.1, 0.15) is 0 Å². The van der Waals surface area contributed by atoms with Gasteiger partial charge in [0.05, 0.1) is 0 Å². The summed E-state index contributed by atoms with van der Waals surface area (Å²) in [7, 11) is 0. The third-order valence-electron chi connectivity index (χ3n) is 4.89. The Morgan fingerprint density at radius 2 is 2.05 bits per heavy atom. The second-order valence-electron chi connectivity index (χ2n) is 6.32. The molecule has 2 aliphatic rings. The lowest BCUT2D eigenvalue weighted by Crippen LogP contribution is -2.62. The van der Waals surface area contributed by atoms with E-state index >= 15 is 0 Å². The molecule has 0 radical (unpaired) electrons. The van der Waals surface area contributed by atoms with Crippen molar-refractivity contribution in [2.75, 3.05) is 13.1 Å². The number of rotatable bonds is 3. The molecule has 1 aliphatic carbocycles. The minimum Gasteiger partial charge on any atom is -0.311 e. The highest BCUT2D eigenvalue weighted by Gasteiger charge is 2.42. The van der Waals surface area contributed by atoms with Gasteiger partial charge in [-0.05, 0) is 38.3 Å². The van der Waals surface area contributed by atoms with Gasteiger partial charge >= 0.3 is 0 Å². The molecule has 2 heterocycles. The van der Waals surface area contributed by atoms with Crippen LogP contribution in [0.1, 0.15) is 49.3 Å². The average molecular weight is 278 g/mol. The van der Waals surface area contributed by atoms with Gasteiger partial charge in [-0.2, -0.15) is 0 Å². The van der Waals surface area contributed by atoms with Crippen LogP contribution in [0.15, 0.2) is 12.1 Å². The Morgan fingerprint density at radius 3 is 2.74 bits per heavy atom. The smallest absolute Gasteiger partial charge is 0.0338 e. The second kappa shape index (κ2) is 5.55. The van der Waals surface area contributed by atoms with Crippen LogP contribution in [0.5, 0.6) is 0 Å². The van der Waals surface area contributed by atoms with Gasteiger partial charge in [-0.15, -0.1) is 11.3 Å². The summed E-state index contributed by atoms with van der Waals surface area (Å²) in [5, 5.41) is 3.71. The Hall–Kier alpha value is -0.380. The Morgan fingerprint density at radius 1 is 1.32 bits per heavy atom. The molecule has 1 aromatic heterocycles. The molecule has 0 amide bonds. The van der Waals surface area contributed by atoms with Gasteiger partial charge in [-0.25, -0.2) is 0 Å². The first-order valence-electron chi connectivity index (χ1n) is 7.78. The largest absolute Gasteiger partial charge is 0.311 e. The van der Waals surface area contributed by atoms with Crippen molar-refractivity contribution < 1.29 is 0 Å². The molecule has 1 unspecified atom stereocenters. The molecule has 19 heavy (non-hydrogen) atoms. The highest BCUT2D eigenvalue weighted by molar-refractivity contribution is 7.11. The third kappa shape index (κ3) is 2.74. The van der Waals surface area contributed by atoms with Crippen molar-refractivity contribution in [2.24, 2.45) is 0 Å². The molecule has 1 aliphatic heterocycles. The first kappa shape index (κ1) is 13.6. The molecule has 1 N–H and O–H groups in total. The summed E-state index contributed by atoms with van der Waals surface area (Å²) >= 11 is 2.01. The molecule has 0 bridgehead atoms. The SMILES string of the molecule is CCc1ccc(CN2CC(C)NCC23CCCC3)s1. The highest BCUT2D eigenvalue weighted by atomic mass is 32.1. The van der Waals surface area contributed by atoms with E-state index in [0.717, 1.165) is 6.54 Å². The van der Waals surface area contributed by atoms with Gasteiger partial charge < -0.3 is 5.32 Å². The number of thiophene rings is 1. The first-order chi connectivity index (χ1) is 9.22. The molecule has 106 valence electrons. The fourth-order valence-corrected chi connectivity index (χ4v) is 4.68. The highest BCUT2D eigenvalue weighted by Crippen LogP contribution is 2.38. The van der Waals surface area contributed by atoms with Crippen LogP contribution in [0.3, 0.4) is 0 Å². The third-order valence-corrected chi connectivity index (χ3v) is 6.11. The number of aryl methyl sites for hydroxylation is 1. The van der Waals surface area contributed by atoms with Crippen molar-refractivity contribution in [1.29, 1.82) is 0 Å². The van der Waals surface area contributed by atoms with Crippen molar-refractivity contribution in [3.63, 3.8) is 0 Å². The summed E-state index contributed by atoms with van der Waals surface area (Å²) in [6.07, 6.45) is 6.78. The first-order valence-corrected chi connectivity index (χ1v) is 8.59. The fourth-order valence-electron chi connectivity index (χ4n) is 3.71. The van der Waals surface area contributed by atoms with Gasteiger partial charge in [0, 0.05) is 41.0 Å². The van der Waals surface area contributed by atoms with Gasteiger partial charge in [0.15, 0.2) is 0 Å². The Labute approximate surface area is 121 Å². The van der Waals surface area contributed by atoms with Crippen molar-refractivity contribution in [3.05, 3.63) is 21.9 Å². The monoisotopic (exact) mass is 278 g/mol. The van der Waals surface area contributed by atoms with E-state index in [0.29, 0.717) is 11.6 Å². The maximum Gasteiger partial charge on any atom is 0.0338 e. The summed E-state index contributed by atoms with van der Waals surface area (Å²) < 4.78 is 0. The molecular weight excluding hydrogens is 252 g/mol. The van der Waals surface area contributed by atoms with Crippen molar-refractivity contribution >= 4 is 11.3 Å². The lowest BCUT2D eigenvalue weighted by Gasteiger charge is -2.47. The lowest BCUT2D eigenvalue weighted by atomic mass is 9.91. The fraction of sp³-hybridized carbons (Fsp3) is 0.750. The van der Waals surface area contributed by atoms with Crippen LogP contribution < -0.4 is 5.32 Å². The van der Waals surface area contributed by atoms with Crippen LogP contribution in [0.25, 0.3) is 0 Å². The zero-order valence-corrected chi connectivity index (χ0v) is 13.1. The predicted octanol–water partition coefficient (Wildman–Crippen LogP) is 3.42. The minimum atomic E-state index is 0.461. The Balaban J connectivity index is 1.75. The zero-order chi connectivity index (χ0) is 13.3. The maximum atomic E-state index is 3.71. The van der Waals surface area contributed by atoms with E-state index in [9.17, 15) is 0 Å². The molecular formula is C16H26N2S. The van der Waals surface area contributed by atoms with E-state index in [1.165, 1.54) is 50.1 Å². The number of piperazine rings is 1. The van der Waals surface area contributed by atoms with E-state index in [4.69, 9.17) is 0 Å². The topological polar surface area (TPSA) is 15.3 Å². The summed E-state index contributed by atoms with van der Waals surface area (Å²) in [5.74, 6) is 0. The van der Waals surface area contributed by atoms with E-state index in [2.05, 4.69) is 36.2 Å². The van der Waals surface area contributed by atoms with Gasteiger partial charge in [0.2, 0.25) is 0 Å². The molecule has 2 fully saturated rings. The quantitative estimate of drug-likeness (QED) is 0.911. The summed E-state index contributed by atoms with van der Waals surface area (Å²) in [6.45, 7) is 8.14. The van der Waals surface area contributed by atoms with E-state index < -0.39 is 0 Å². The summed E-state index contributed by atoms with van der Waals surface area (Å²) in [6, 6.07) is 5.29. The van der Waals surface area contributed by atoms with Crippen LogP contribution in [-0.2, 0) is 13.0 Å². The number of hydrogen-bond donors (Lipinski definition) is 1. The van der Waals surface area contributed by atoms with Crippen molar-refractivity contribution in [2.45, 2.75) is 64.1 Å². The molecule has 3 heteroatoms. The summed E-state index contributed by atoms with van der Waals surface area (Å²) in [5.41, 5.74) is 0.461. The maximum absolute atomic E-state index is 3.71. The molecule has 1 spiro atoms. The van der Waals surface area contributed by atoms with Crippen LogP contribution in [0.2, 0.25) is 0 Å². The second-order valence-corrected chi connectivity index (χ2v) is 7.57. The van der Waals surface area contributed by atoms with Gasteiger partial charge in [-0.3, -0.25) is 4.90 Å². The van der Waals surface area contributed by atoms with Crippen molar-refractivity contribution in [1.82, 2.24) is 10.2 Å². The molecule has 1 saturated carbocycles. The molecule has 1 atom stereocenters. The van der Waals surface area contributed by atoms with E-state index in [1.54, 1.807) is 4.88 Å². The lowest BCUT2D eigenvalue weighted by molar-refractivity contribution is 0.0402.